The van der Waals surface area contributed by atoms with E-state index in [1.165, 1.54) is 0 Å². The third kappa shape index (κ3) is 3.30. The highest BCUT2D eigenvalue weighted by Gasteiger charge is 2.38. The van der Waals surface area contributed by atoms with Crippen molar-refractivity contribution in [2.45, 2.75) is 19.1 Å². The van der Waals surface area contributed by atoms with Crippen molar-refractivity contribution in [3.63, 3.8) is 0 Å². The van der Waals surface area contributed by atoms with E-state index in [2.05, 4.69) is 0 Å². The third-order valence-corrected chi connectivity index (χ3v) is 4.04. The molecule has 2 aromatic carbocycles. The summed E-state index contributed by atoms with van der Waals surface area (Å²) in [5.74, 6) is -0.943. The first kappa shape index (κ1) is 18.4. The molecule has 7 heteroatoms. The van der Waals surface area contributed by atoms with Crippen LogP contribution in [0.4, 0.5) is 0 Å². The highest BCUT2D eigenvalue weighted by atomic mass is 35.5. The van der Waals surface area contributed by atoms with Crippen molar-refractivity contribution in [2.24, 2.45) is 5.73 Å². The second-order valence-electron chi connectivity index (χ2n) is 5.34. The normalized spacial score (nSPS) is 15.7. The van der Waals surface area contributed by atoms with Gasteiger partial charge in [0.05, 0.1) is 17.2 Å². The monoisotopic (exact) mass is 366 g/mol. The number of carbonyl (C=O) groups excluding carboxylic acids is 2. The van der Waals surface area contributed by atoms with Crippen LogP contribution in [0.1, 0.15) is 39.2 Å². The van der Waals surface area contributed by atoms with E-state index in [9.17, 15) is 9.59 Å². The zero-order chi connectivity index (χ0) is 16.6. The Labute approximate surface area is 150 Å². The maximum absolute atomic E-state index is 12.3. The number of hydrogen-bond donors (Lipinski definition) is 1. The van der Waals surface area contributed by atoms with Gasteiger partial charge in [0.2, 0.25) is 0 Å². The second kappa shape index (κ2) is 7.32. The van der Waals surface area contributed by atoms with Gasteiger partial charge in [-0.2, -0.15) is 0 Å². The molecule has 0 radical (unpaired) electrons. The van der Waals surface area contributed by atoms with E-state index in [1.54, 1.807) is 55.5 Å². The van der Waals surface area contributed by atoms with Crippen LogP contribution >= 0.6 is 24.0 Å². The zero-order valence-electron chi connectivity index (χ0n) is 12.8. The van der Waals surface area contributed by atoms with E-state index >= 15 is 0 Å². The molecule has 0 fully saturated rings. The topological polar surface area (TPSA) is 72.6 Å². The molecule has 5 nitrogen and oxygen atoms in total. The summed E-state index contributed by atoms with van der Waals surface area (Å²) in [7, 11) is 0. The smallest absolute Gasteiger partial charge is 0.285 e. The van der Waals surface area contributed by atoms with Crippen LogP contribution in [0.2, 0.25) is 5.02 Å². The number of hydroxylamine groups is 2. The van der Waals surface area contributed by atoms with E-state index in [1.807, 2.05) is 0 Å². The first-order valence-corrected chi connectivity index (χ1v) is 7.52. The number of rotatable bonds is 4. The second-order valence-corrected chi connectivity index (χ2v) is 5.77. The molecule has 0 bridgehead atoms. The van der Waals surface area contributed by atoms with Crippen LogP contribution in [-0.4, -0.2) is 23.0 Å². The van der Waals surface area contributed by atoms with Crippen LogP contribution < -0.4 is 5.73 Å². The van der Waals surface area contributed by atoms with Gasteiger partial charge in [-0.05, 0) is 36.8 Å². The summed E-state index contributed by atoms with van der Waals surface area (Å²) in [6.45, 7) is 1.71. The molecule has 2 atom stereocenters. The van der Waals surface area contributed by atoms with E-state index in [-0.39, 0.29) is 12.4 Å². The minimum atomic E-state index is -0.571. The molecule has 0 spiro atoms. The maximum Gasteiger partial charge on any atom is 0.285 e. The molecule has 1 aliphatic heterocycles. The number of nitrogens with two attached hydrogens (primary N) is 1. The number of carbonyl (C=O) groups is 2. The SMILES string of the molecule is CC(ON1C(=O)c2ccccc2C1=O)C(N)c1ccc(Cl)cc1.Cl. The number of benzene rings is 2. The van der Waals surface area contributed by atoms with Crippen molar-refractivity contribution in [3.8, 4) is 0 Å². The molecule has 2 N–H and O–H groups in total. The minimum Gasteiger partial charge on any atom is -0.322 e. The highest BCUT2D eigenvalue weighted by molar-refractivity contribution is 6.30. The Morgan fingerprint density at radius 1 is 1.00 bits per heavy atom. The molecule has 126 valence electrons. The first-order valence-electron chi connectivity index (χ1n) is 7.14. The summed E-state index contributed by atoms with van der Waals surface area (Å²) in [5.41, 5.74) is 7.62. The molecular weight excluding hydrogens is 351 g/mol. The molecule has 0 saturated carbocycles. The summed E-state index contributed by atoms with van der Waals surface area (Å²) in [4.78, 5) is 30.1. The van der Waals surface area contributed by atoms with Gasteiger partial charge < -0.3 is 5.73 Å². The largest absolute Gasteiger partial charge is 0.322 e. The first-order chi connectivity index (χ1) is 11.0. The molecule has 2 amide bonds. The molecular formula is C17H16Cl2N2O3. The lowest BCUT2D eigenvalue weighted by Gasteiger charge is -2.24. The molecule has 1 heterocycles. The van der Waals surface area contributed by atoms with Gasteiger partial charge in [-0.3, -0.25) is 14.4 Å². The van der Waals surface area contributed by atoms with Gasteiger partial charge in [0.25, 0.3) is 11.8 Å². The molecule has 0 aromatic heterocycles. The van der Waals surface area contributed by atoms with Crippen LogP contribution in [0.5, 0.6) is 0 Å². The molecule has 0 aliphatic carbocycles. The Morgan fingerprint density at radius 2 is 1.50 bits per heavy atom. The molecule has 2 aromatic rings. The van der Waals surface area contributed by atoms with E-state index < -0.39 is 24.0 Å². The summed E-state index contributed by atoms with van der Waals surface area (Å²) in [5, 5.41) is 1.39. The number of amides is 2. The predicted molar refractivity (Wildman–Crippen MR) is 93.1 cm³/mol. The van der Waals surface area contributed by atoms with E-state index in [0.717, 1.165) is 10.6 Å². The van der Waals surface area contributed by atoms with Crippen molar-refractivity contribution < 1.29 is 14.4 Å². The molecule has 3 rings (SSSR count). The highest BCUT2D eigenvalue weighted by Crippen LogP contribution is 2.26. The Hall–Kier alpha value is -1.92. The maximum atomic E-state index is 12.3. The lowest BCUT2D eigenvalue weighted by atomic mass is 10.0. The van der Waals surface area contributed by atoms with Crippen molar-refractivity contribution in [1.29, 1.82) is 0 Å². The van der Waals surface area contributed by atoms with E-state index in [0.29, 0.717) is 16.1 Å². The van der Waals surface area contributed by atoms with E-state index in [4.69, 9.17) is 22.2 Å². The predicted octanol–water partition coefficient (Wildman–Crippen LogP) is 3.38. The van der Waals surface area contributed by atoms with Gasteiger partial charge in [-0.1, -0.05) is 35.9 Å². The molecule has 1 aliphatic rings. The van der Waals surface area contributed by atoms with Crippen LogP contribution in [0.3, 0.4) is 0 Å². The summed E-state index contributed by atoms with van der Waals surface area (Å²) in [6, 6.07) is 13.1. The fourth-order valence-corrected chi connectivity index (χ4v) is 2.58. The average Bonchev–Trinajstić information content (AvgIpc) is 2.80. The number of halogens is 2. The number of hydrogen-bond acceptors (Lipinski definition) is 4. The van der Waals surface area contributed by atoms with Crippen molar-refractivity contribution in [1.82, 2.24) is 5.06 Å². The van der Waals surface area contributed by atoms with Crippen molar-refractivity contribution in [3.05, 3.63) is 70.2 Å². The van der Waals surface area contributed by atoms with Gasteiger partial charge >= 0.3 is 0 Å². The molecule has 24 heavy (non-hydrogen) atoms. The van der Waals surface area contributed by atoms with Crippen LogP contribution in [0.15, 0.2) is 48.5 Å². The molecule has 0 saturated heterocycles. The Bertz CT molecular complexity index is 730. The number of nitrogens with zero attached hydrogens (tertiary/aromatic N) is 1. The fraction of sp³-hybridized carbons (Fsp3) is 0.176. The van der Waals surface area contributed by atoms with Gasteiger partial charge in [0.15, 0.2) is 0 Å². The number of imide groups is 1. The Morgan fingerprint density at radius 3 is 2.00 bits per heavy atom. The van der Waals surface area contributed by atoms with Gasteiger partial charge in [-0.25, -0.2) is 0 Å². The van der Waals surface area contributed by atoms with Gasteiger partial charge in [0, 0.05) is 5.02 Å². The van der Waals surface area contributed by atoms with Crippen LogP contribution in [0.25, 0.3) is 0 Å². The zero-order valence-corrected chi connectivity index (χ0v) is 14.4. The Kier molecular flexibility index (Phi) is 5.62. The standard InChI is InChI=1S/C17H15ClN2O3.ClH/c1-10(15(19)11-6-8-12(18)9-7-11)23-20-16(21)13-4-2-3-5-14(13)17(20)22;/h2-10,15H,19H2,1H3;1H. The summed E-state index contributed by atoms with van der Waals surface area (Å²) in [6.07, 6.45) is -0.571. The molecule has 2 unspecified atom stereocenters. The Balaban J connectivity index is 0.00000208. The van der Waals surface area contributed by atoms with Crippen molar-refractivity contribution in [2.75, 3.05) is 0 Å². The summed E-state index contributed by atoms with van der Waals surface area (Å²) < 4.78 is 0. The van der Waals surface area contributed by atoms with Crippen LogP contribution in [0, 0.1) is 0 Å². The lowest BCUT2D eigenvalue weighted by molar-refractivity contribution is -0.133. The summed E-state index contributed by atoms with van der Waals surface area (Å²) >= 11 is 5.85. The lowest BCUT2D eigenvalue weighted by Crippen LogP contribution is -2.38. The average molecular weight is 367 g/mol. The van der Waals surface area contributed by atoms with Crippen molar-refractivity contribution >= 4 is 35.8 Å². The number of fused-ring (bicyclic) bond motifs is 1. The quantitative estimate of drug-likeness (QED) is 0.841. The minimum absolute atomic E-state index is 0. The third-order valence-electron chi connectivity index (χ3n) is 3.79. The van der Waals surface area contributed by atoms with Crippen LogP contribution in [-0.2, 0) is 4.84 Å². The van der Waals surface area contributed by atoms with Gasteiger partial charge in [-0.15, -0.1) is 17.5 Å². The fourth-order valence-electron chi connectivity index (χ4n) is 2.45. The van der Waals surface area contributed by atoms with Gasteiger partial charge in [0.1, 0.15) is 6.10 Å².